The lowest BCUT2D eigenvalue weighted by molar-refractivity contribution is 0.237. The number of hydrogen-bond acceptors (Lipinski definition) is 2. The summed E-state index contributed by atoms with van der Waals surface area (Å²) in [5, 5.41) is 8.41. The fourth-order valence-corrected chi connectivity index (χ4v) is 2.35. The standard InChI is InChI=1S/C14H19F2N3O/c1-9-7-17-5-4-10(9)8-18-14(20)19-13-3-2-11(15)6-12(13)16/h2-3,6,9-10,17H,4-5,7-8H2,1H3,(H2,18,19,20). The van der Waals surface area contributed by atoms with E-state index in [-0.39, 0.29) is 5.69 Å². The molecule has 20 heavy (non-hydrogen) atoms. The smallest absolute Gasteiger partial charge is 0.319 e. The Morgan fingerprint density at radius 3 is 2.95 bits per heavy atom. The second kappa shape index (κ2) is 6.65. The van der Waals surface area contributed by atoms with E-state index in [0.717, 1.165) is 31.6 Å². The molecule has 1 saturated heterocycles. The van der Waals surface area contributed by atoms with Gasteiger partial charge in [-0.05, 0) is 43.5 Å². The fourth-order valence-electron chi connectivity index (χ4n) is 2.35. The zero-order chi connectivity index (χ0) is 14.5. The van der Waals surface area contributed by atoms with Crippen molar-refractivity contribution < 1.29 is 13.6 Å². The van der Waals surface area contributed by atoms with Crippen LogP contribution < -0.4 is 16.0 Å². The molecule has 6 heteroatoms. The first kappa shape index (κ1) is 14.7. The van der Waals surface area contributed by atoms with Gasteiger partial charge in [-0.3, -0.25) is 0 Å². The summed E-state index contributed by atoms with van der Waals surface area (Å²) in [5.41, 5.74) is -0.0257. The average molecular weight is 283 g/mol. The van der Waals surface area contributed by atoms with Gasteiger partial charge in [0.1, 0.15) is 11.6 Å². The van der Waals surface area contributed by atoms with Crippen LogP contribution in [0.25, 0.3) is 0 Å². The maximum absolute atomic E-state index is 13.4. The summed E-state index contributed by atoms with van der Waals surface area (Å²) in [5.74, 6) is -0.543. The van der Waals surface area contributed by atoms with Crippen molar-refractivity contribution >= 4 is 11.7 Å². The van der Waals surface area contributed by atoms with E-state index < -0.39 is 17.7 Å². The first-order valence-corrected chi connectivity index (χ1v) is 6.77. The molecule has 0 radical (unpaired) electrons. The van der Waals surface area contributed by atoms with E-state index in [1.54, 1.807) is 0 Å². The van der Waals surface area contributed by atoms with Crippen molar-refractivity contribution in [1.29, 1.82) is 0 Å². The normalized spacial score (nSPS) is 22.4. The van der Waals surface area contributed by atoms with E-state index in [1.165, 1.54) is 6.07 Å². The number of halogens is 2. The van der Waals surface area contributed by atoms with Gasteiger partial charge >= 0.3 is 6.03 Å². The van der Waals surface area contributed by atoms with Crippen molar-refractivity contribution in [2.24, 2.45) is 11.8 Å². The molecule has 2 amide bonds. The van der Waals surface area contributed by atoms with Crippen LogP contribution >= 0.6 is 0 Å². The van der Waals surface area contributed by atoms with Crippen LogP contribution in [0.5, 0.6) is 0 Å². The maximum atomic E-state index is 13.4. The molecule has 1 aromatic carbocycles. The van der Waals surface area contributed by atoms with E-state index >= 15 is 0 Å². The van der Waals surface area contributed by atoms with E-state index in [2.05, 4.69) is 22.9 Å². The maximum Gasteiger partial charge on any atom is 0.319 e. The summed E-state index contributed by atoms with van der Waals surface area (Å²) in [6.45, 7) is 4.58. The Labute approximate surface area is 116 Å². The molecule has 0 bridgehead atoms. The molecule has 1 aliphatic rings. The molecule has 1 aromatic rings. The molecule has 1 fully saturated rings. The van der Waals surface area contributed by atoms with Gasteiger partial charge in [0.25, 0.3) is 0 Å². The Morgan fingerprint density at radius 2 is 2.25 bits per heavy atom. The number of rotatable bonds is 3. The van der Waals surface area contributed by atoms with Gasteiger partial charge in [0.15, 0.2) is 0 Å². The quantitative estimate of drug-likeness (QED) is 0.797. The number of piperidine rings is 1. The summed E-state index contributed by atoms with van der Waals surface area (Å²) < 4.78 is 26.1. The molecule has 2 atom stereocenters. The first-order chi connectivity index (χ1) is 9.56. The van der Waals surface area contributed by atoms with Crippen molar-refractivity contribution in [2.45, 2.75) is 13.3 Å². The molecule has 2 rings (SSSR count). The average Bonchev–Trinajstić information content (AvgIpc) is 2.41. The topological polar surface area (TPSA) is 53.2 Å². The van der Waals surface area contributed by atoms with Gasteiger partial charge < -0.3 is 16.0 Å². The highest BCUT2D eigenvalue weighted by atomic mass is 19.1. The van der Waals surface area contributed by atoms with Crippen LogP contribution in [0, 0.1) is 23.5 Å². The molecule has 1 heterocycles. The lowest BCUT2D eigenvalue weighted by atomic mass is 9.88. The van der Waals surface area contributed by atoms with Crippen LogP contribution in [-0.2, 0) is 0 Å². The Balaban J connectivity index is 1.83. The number of benzene rings is 1. The Bertz CT molecular complexity index is 481. The number of hydrogen-bond donors (Lipinski definition) is 3. The third-order valence-corrected chi connectivity index (χ3v) is 3.67. The molecular formula is C14H19F2N3O. The van der Waals surface area contributed by atoms with Gasteiger partial charge in [-0.15, -0.1) is 0 Å². The van der Waals surface area contributed by atoms with E-state index in [1.807, 2.05) is 0 Å². The van der Waals surface area contributed by atoms with E-state index in [9.17, 15) is 13.6 Å². The van der Waals surface area contributed by atoms with Gasteiger partial charge in [0.2, 0.25) is 0 Å². The summed E-state index contributed by atoms with van der Waals surface area (Å²) >= 11 is 0. The zero-order valence-electron chi connectivity index (χ0n) is 11.4. The van der Waals surface area contributed by atoms with Crippen LogP contribution in [0.3, 0.4) is 0 Å². The largest absolute Gasteiger partial charge is 0.338 e. The molecule has 3 N–H and O–H groups in total. The number of anilines is 1. The predicted octanol–water partition coefficient (Wildman–Crippen LogP) is 2.33. The molecule has 2 unspecified atom stereocenters. The molecule has 4 nitrogen and oxygen atoms in total. The number of carbonyl (C=O) groups is 1. The zero-order valence-corrected chi connectivity index (χ0v) is 11.4. The summed E-state index contributed by atoms with van der Waals surface area (Å²) in [4.78, 5) is 11.7. The second-order valence-electron chi connectivity index (χ2n) is 5.19. The summed E-state index contributed by atoms with van der Waals surface area (Å²) in [6, 6.07) is 2.58. The molecule has 0 aliphatic carbocycles. The molecule has 110 valence electrons. The minimum absolute atomic E-state index is 0.0257. The monoisotopic (exact) mass is 283 g/mol. The Hall–Kier alpha value is -1.69. The van der Waals surface area contributed by atoms with Gasteiger partial charge in [-0.2, -0.15) is 0 Å². The van der Waals surface area contributed by atoms with Crippen LogP contribution in [0.4, 0.5) is 19.3 Å². The Morgan fingerprint density at radius 1 is 1.45 bits per heavy atom. The van der Waals surface area contributed by atoms with Gasteiger partial charge in [0.05, 0.1) is 5.69 Å². The first-order valence-electron chi connectivity index (χ1n) is 6.77. The minimum atomic E-state index is -0.782. The number of carbonyl (C=O) groups excluding carboxylic acids is 1. The molecule has 0 aromatic heterocycles. The molecule has 0 saturated carbocycles. The molecule has 1 aliphatic heterocycles. The van der Waals surface area contributed by atoms with Gasteiger partial charge in [0, 0.05) is 12.6 Å². The lowest BCUT2D eigenvalue weighted by Crippen LogP contribution is -2.42. The van der Waals surface area contributed by atoms with Crippen molar-refractivity contribution in [2.75, 3.05) is 25.0 Å². The summed E-state index contributed by atoms with van der Waals surface area (Å²) in [6.07, 6.45) is 1.01. The van der Waals surface area contributed by atoms with Crippen molar-refractivity contribution in [1.82, 2.24) is 10.6 Å². The summed E-state index contributed by atoms with van der Waals surface area (Å²) in [7, 11) is 0. The number of nitrogens with one attached hydrogen (secondary N) is 3. The third-order valence-electron chi connectivity index (χ3n) is 3.67. The van der Waals surface area contributed by atoms with E-state index in [0.29, 0.717) is 18.4 Å². The molecular weight excluding hydrogens is 264 g/mol. The van der Waals surface area contributed by atoms with Crippen LogP contribution in [0.1, 0.15) is 13.3 Å². The highest BCUT2D eigenvalue weighted by molar-refractivity contribution is 5.89. The van der Waals surface area contributed by atoms with Gasteiger partial charge in [-0.25, -0.2) is 13.6 Å². The lowest BCUT2D eigenvalue weighted by Gasteiger charge is -2.29. The van der Waals surface area contributed by atoms with Crippen LogP contribution in [0.15, 0.2) is 18.2 Å². The highest BCUT2D eigenvalue weighted by Crippen LogP contribution is 2.18. The van der Waals surface area contributed by atoms with Crippen LogP contribution in [-0.4, -0.2) is 25.7 Å². The Kier molecular flexibility index (Phi) is 4.89. The highest BCUT2D eigenvalue weighted by Gasteiger charge is 2.21. The minimum Gasteiger partial charge on any atom is -0.338 e. The van der Waals surface area contributed by atoms with Gasteiger partial charge in [-0.1, -0.05) is 6.92 Å². The van der Waals surface area contributed by atoms with Crippen molar-refractivity contribution in [3.8, 4) is 0 Å². The van der Waals surface area contributed by atoms with Crippen molar-refractivity contribution in [3.63, 3.8) is 0 Å². The third kappa shape index (κ3) is 3.90. The van der Waals surface area contributed by atoms with Crippen molar-refractivity contribution in [3.05, 3.63) is 29.8 Å². The second-order valence-corrected chi connectivity index (χ2v) is 5.19. The predicted molar refractivity (Wildman–Crippen MR) is 73.5 cm³/mol. The SMILES string of the molecule is CC1CNCCC1CNC(=O)Nc1ccc(F)cc1F. The fraction of sp³-hybridized carbons (Fsp3) is 0.500. The number of amides is 2. The number of urea groups is 1. The van der Waals surface area contributed by atoms with E-state index in [4.69, 9.17) is 0 Å². The van der Waals surface area contributed by atoms with Crippen LogP contribution in [0.2, 0.25) is 0 Å². The molecule has 0 spiro atoms.